The Morgan fingerprint density at radius 1 is 0.882 bits per heavy atom. The van der Waals surface area contributed by atoms with Gasteiger partial charge in [-0.1, -0.05) is 11.6 Å². The summed E-state index contributed by atoms with van der Waals surface area (Å²) in [4.78, 5) is 12.6. The Morgan fingerprint density at radius 2 is 1.53 bits per heavy atom. The Hall–Kier alpha value is -3.91. The fourth-order valence-corrected chi connectivity index (χ4v) is 3.25. The van der Waals surface area contributed by atoms with E-state index in [1.807, 2.05) is 18.2 Å². The number of rotatable bonds is 10. The van der Waals surface area contributed by atoms with Crippen molar-refractivity contribution in [2.45, 2.75) is 6.61 Å². The zero-order valence-electron chi connectivity index (χ0n) is 19.3. The second-order valence-electron chi connectivity index (χ2n) is 6.93. The van der Waals surface area contributed by atoms with Gasteiger partial charge in [0.25, 0.3) is 5.91 Å². The largest absolute Gasteiger partial charge is 0.496 e. The van der Waals surface area contributed by atoms with E-state index >= 15 is 0 Å². The van der Waals surface area contributed by atoms with Crippen molar-refractivity contribution in [2.24, 2.45) is 5.10 Å². The third-order valence-electron chi connectivity index (χ3n) is 4.82. The smallest absolute Gasteiger partial charge is 0.271 e. The molecule has 0 heterocycles. The lowest BCUT2D eigenvalue weighted by atomic mass is 10.1. The van der Waals surface area contributed by atoms with Crippen molar-refractivity contribution in [3.8, 4) is 28.7 Å². The summed E-state index contributed by atoms with van der Waals surface area (Å²) < 4.78 is 27.1. The molecule has 0 fully saturated rings. The van der Waals surface area contributed by atoms with Gasteiger partial charge < -0.3 is 23.7 Å². The molecule has 0 aliphatic rings. The van der Waals surface area contributed by atoms with E-state index in [4.69, 9.17) is 35.3 Å². The number of ether oxygens (including phenoxy) is 5. The fraction of sp³-hybridized carbons (Fsp3) is 0.200. The van der Waals surface area contributed by atoms with Crippen LogP contribution < -0.4 is 29.1 Å². The van der Waals surface area contributed by atoms with Crippen LogP contribution in [0, 0.1) is 0 Å². The maximum absolute atomic E-state index is 12.6. The predicted molar refractivity (Wildman–Crippen MR) is 130 cm³/mol. The van der Waals surface area contributed by atoms with E-state index in [1.165, 1.54) is 27.5 Å². The number of halogens is 1. The molecule has 8 nitrogen and oxygen atoms in total. The van der Waals surface area contributed by atoms with Crippen LogP contribution in [0.5, 0.6) is 28.7 Å². The van der Waals surface area contributed by atoms with Gasteiger partial charge in [0.15, 0.2) is 11.5 Å². The zero-order valence-corrected chi connectivity index (χ0v) is 20.0. The van der Waals surface area contributed by atoms with E-state index < -0.39 is 5.91 Å². The standard InChI is InChI=1S/C25H25ClN2O6/c1-30-21-10-5-16(11-18(21)15-34-20-8-6-19(26)7-9-20)14-27-28-25(29)17-12-22(31-2)24(33-4)23(13-17)32-3/h5-14H,15H2,1-4H3,(H,28,29)/b27-14-. The average Bonchev–Trinajstić information content (AvgIpc) is 2.87. The third-order valence-corrected chi connectivity index (χ3v) is 5.07. The van der Waals surface area contributed by atoms with Crippen LogP contribution >= 0.6 is 11.6 Å². The first-order valence-electron chi connectivity index (χ1n) is 10.2. The van der Waals surface area contributed by atoms with Gasteiger partial charge in [0.1, 0.15) is 18.1 Å². The summed E-state index contributed by atoms with van der Waals surface area (Å²) in [6, 6.07) is 15.7. The molecule has 0 radical (unpaired) electrons. The first-order valence-corrected chi connectivity index (χ1v) is 10.6. The predicted octanol–water partition coefficient (Wildman–Crippen LogP) is 4.72. The molecule has 0 bridgehead atoms. The van der Waals surface area contributed by atoms with E-state index in [9.17, 15) is 4.79 Å². The number of amides is 1. The molecular formula is C25H25ClN2O6. The summed E-state index contributed by atoms with van der Waals surface area (Å²) in [6.07, 6.45) is 1.53. The van der Waals surface area contributed by atoms with Gasteiger partial charge in [0, 0.05) is 16.1 Å². The summed E-state index contributed by atoms with van der Waals surface area (Å²) in [5.74, 6) is 2.07. The molecule has 0 aliphatic carbocycles. The summed E-state index contributed by atoms with van der Waals surface area (Å²) in [5, 5.41) is 4.70. The van der Waals surface area contributed by atoms with E-state index in [1.54, 1.807) is 43.5 Å². The lowest BCUT2D eigenvalue weighted by Gasteiger charge is -2.13. The monoisotopic (exact) mass is 484 g/mol. The van der Waals surface area contributed by atoms with Crippen molar-refractivity contribution < 1.29 is 28.5 Å². The van der Waals surface area contributed by atoms with Gasteiger partial charge in [0.2, 0.25) is 5.75 Å². The zero-order chi connectivity index (χ0) is 24.5. The fourth-order valence-electron chi connectivity index (χ4n) is 3.13. The summed E-state index contributed by atoms with van der Waals surface area (Å²) in [5.41, 5.74) is 4.37. The highest BCUT2D eigenvalue weighted by Crippen LogP contribution is 2.38. The van der Waals surface area contributed by atoms with Crippen LogP contribution in [-0.4, -0.2) is 40.6 Å². The van der Waals surface area contributed by atoms with Gasteiger partial charge in [-0.15, -0.1) is 0 Å². The Labute approximate surface area is 203 Å². The number of hydrazone groups is 1. The van der Waals surface area contributed by atoms with Crippen molar-refractivity contribution in [3.05, 3.63) is 76.3 Å². The third kappa shape index (κ3) is 6.11. The maximum Gasteiger partial charge on any atom is 0.271 e. The Kier molecular flexibility index (Phi) is 8.59. The van der Waals surface area contributed by atoms with Gasteiger partial charge >= 0.3 is 0 Å². The van der Waals surface area contributed by atoms with Gasteiger partial charge in [-0.2, -0.15) is 5.10 Å². The van der Waals surface area contributed by atoms with Crippen molar-refractivity contribution in [1.29, 1.82) is 0 Å². The molecule has 0 saturated carbocycles. The normalized spacial score (nSPS) is 10.6. The minimum absolute atomic E-state index is 0.282. The van der Waals surface area contributed by atoms with Crippen LogP contribution in [0.4, 0.5) is 0 Å². The van der Waals surface area contributed by atoms with Crippen LogP contribution in [0.2, 0.25) is 5.02 Å². The molecule has 9 heteroatoms. The van der Waals surface area contributed by atoms with Crippen LogP contribution in [-0.2, 0) is 6.61 Å². The average molecular weight is 485 g/mol. The second-order valence-corrected chi connectivity index (χ2v) is 7.36. The number of hydrogen-bond donors (Lipinski definition) is 1. The Morgan fingerprint density at radius 3 is 2.12 bits per heavy atom. The number of methoxy groups -OCH3 is 4. The van der Waals surface area contributed by atoms with E-state index in [-0.39, 0.29) is 6.61 Å². The summed E-state index contributed by atoms with van der Waals surface area (Å²) in [6.45, 7) is 0.282. The van der Waals surface area contributed by atoms with Crippen LogP contribution in [0.15, 0.2) is 59.7 Å². The van der Waals surface area contributed by atoms with Crippen LogP contribution in [0.25, 0.3) is 0 Å². The van der Waals surface area contributed by atoms with Gasteiger partial charge in [-0.05, 0) is 60.2 Å². The van der Waals surface area contributed by atoms with Crippen molar-refractivity contribution in [1.82, 2.24) is 5.43 Å². The summed E-state index contributed by atoms with van der Waals surface area (Å²) in [7, 11) is 6.05. The molecule has 3 aromatic rings. The molecule has 3 aromatic carbocycles. The first kappa shape index (κ1) is 24.7. The topological polar surface area (TPSA) is 87.6 Å². The minimum Gasteiger partial charge on any atom is -0.496 e. The molecule has 178 valence electrons. The number of nitrogens with zero attached hydrogens (tertiary/aromatic N) is 1. The number of carbonyl (C=O) groups excluding carboxylic acids is 1. The van der Waals surface area contributed by atoms with Crippen LogP contribution in [0.3, 0.4) is 0 Å². The molecule has 0 aromatic heterocycles. The quantitative estimate of drug-likeness (QED) is 0.331. The van der Waals surface area contributed by atoms with Gasteiger partial charge in [-0.25, -0.2) is 5.43 Å². The molecule has 0 unspecified atom stereocenters. The Bertz CT molecular complexity index is 1140. The van der Waals surface area contributed by atoms with E-state index in [0.29, 0.717) is 39.3 Å². The molecule has 0 atom stereocenters. The first-order chi connectivity index (χ1) is 16.5. The number of carbonyl (C=O) groups is 1. The van der Waals surface area contributed by atoms with Gasteiger partial charge in [0.05, 0.1) is 34.7 Å². The lowest BCUT2D eigenvalue weighted by Crippen LogP contribution is -2.18. The van der Waals surface area contributed by atoms with Crippen molar-refractivity contribution in [3.63, 3.8) is 0 Å². The van der Waals surface area contributed by atoms with E-state index in [2.05, 4.69) is 10.5 Å². The number of nitrogens with one attached hydrogen (secondary N) is 1. The lowest BCUT2D eigenvalue weighted by molar-refractivity contribution is 0.0954. The molecule has 1 amide bonds. The molecule has 0 spiro atoms. The Balaban J connectivity index is 1.71. The molecule has 3 rings (SSSR count). The van der Waals surface area contributed by atoms with Gasteiger partial charge in [-0.3, -0.25) is 4.79 Å². The number of hydrogen-bond acceptors (Lipinski definition) is 7. The highest BCUT2D eigenvalue weighted by atomic mass is 35.5. The highest BCUT2D eigenvalue weighted by Gasteiger charge is 2.16. The molecular weight excluding hydrogens is 460 g/mol. The van der Waals surface area contributed by atoms with Crippen LogP contribution in [0.1, 0.15) is 21.5 Å². The summed E-state index contributed by atoms with van der Waals surface area (Å²) >= 11 is 5.91. The maximum atomic E-state index is 12.6. The highest BCUT2D eigenvalue weighted by molar-refractivity contribution is 6.30. The molecule has 0 saturated heterocycles. The number of benzene rings is 3. The molecule has 0 aliphatic heterocycles. The second kappa shape index (κ2) is 11.8. The SMILES string of the molecule is COc1ccc(/C=N\NC(=O)c2cc(OC)c(OC)c(OC)c2)cc1COc1ccc(Cl)cc1. The molecule has 34 heavy (non-hydrogen) atoms. The van der Waals surface area contributed by atoms with Crippen molar-refractivity contribution in [2.75, 3.05) is 28.4 Å². The van der Waals surface area contributed by atoms with Crippen molar-refractivity contribution >= 4 is 23.7 Å². The minimum atomic E-state index is -0.435. The molecule has 1 N–H and O–H groups in total. The van der Waals surface area contributed by atoms with E-state index in [0.717, 1.165) is 11.1 Å².